The molecule has 0 unspecified atom stereocenters. The summed E-state index contributed by atoms with van der Waals surface area (Å²) in [6, 6.07) is 6.83. The number of rotatable bonds is 2. The van der Waals surface area contributed by atoms with Crippen LogP contribution in [0.25, 0.3) is 0 Å². The zero-order valence-corrected chi connectivity index (χ0v) is 8.77. The lowest BCUT2D eigenvalue weighted by Crippen LogP contribution is -2.27. The fourth-order valence-electron chi connectivity index (χ4n) is 1.79. The van der Waals surface area contributed by atoms with Gasteiger partial charge in [-0.25, -0.2) is 0 Å². The second kappa shape index (κ2) is 3.81. The van der Waals surface area contributed by atoms with Gasteiger partial charge in [0.1, 0.15) is 0 Å². The molecule has 1 saturated heterocycles. The van der Waals surface area contributed by atoms with Gasteiger partial charge in [0.2, 0.25) is 0 Å². The monoisotopic (exact) mass is 216 g/mol. The van der Waals surface area contributed by atoms with E-state index in [4.69, 9.17) is 5.73 Å². The second-order valence-corrected chi connectivity index (χ2v) is 3.69. The first-order chi connectivity index (χ1) is 7.61. The van der Waals surface area contributed by atoms with Crippen molar-refractivity contribution >= 4 is 17.5 Å². The Morgan fingerprint density at radius 2 is 2.06 bits per heavy atom. The predicted octanol–water partition coefficient (Wildman–Crippen LogP) is 1.08. The van der Waals surface area contributed by atoms with E-state index in [1.54, 1.807) is 29.2 Å². The standard InChI is InChI=1S/C12H12N2O2/c1-8-6-7-14(12(8)16)10-5-3-2-4-9(10)11(13)15/h2-5H,1,6-7H2,(H2,13,15). The molecule has 2 rings (SSSR count). The van der Waals surface area contributed by atoms with E-state index in [0.717, 1.165) is 0 Å². The number of primary amides is 1. The van der Waals surface area contributed by atoms with Crippen molar-refractivity contribution in [2.45, 2.75) is 6.42 Å². The van der Waals surface area contributed by atoms with Crippen molar-refractivity contribution in [2.75, 3.05) is 11.4 Å². The number of para-hydroxylation sites is 1. The molecule has 2 N–H and O–H groups in total. The van der Waals surface area contributed by atoms with Crippen LogP contribution >= 0.6 is 0 Å². The molecule has 1 aliphatic rings. The molecule has 0 atom stereocenters. The Balaban J connectivity index is 2.45. The summed E-state index contributed by atoms with van der Waals surface area (Å²) in [5, 5.41) is 0. The van der Waals surface area contributed by atoms with E-state index in [-0.39, 0.29) is 5.91 Å². The minimum Gasteiger partial charge on any atom is -0.366 e. The van der Waals surface area contributed by atoms with Crippen LogP contribution < -0.4 is 10.6 Å². The van der Waals surface area contributed by atoms with E-state index in [1.807, 2.05) is 0 Å². The number of benzene rings is 1. The number of hydrogen-bond acceptors (Lipinski definition) is 2. The van der Waals surface area contributed by atoms with Crippen LogP contribution in [0.1, 0.15) is 16.8 Å². The lowest BCUT2D eigenvalue weighted by molar-refractivity contribution is -0.114. The molecule has 1 heterocycles. The summed E-state index contributed by atoms with van der Waals surface area (Å²) >= 11 is 0. The third-order valence-electron chi connectivity index (χ3n) is 2.65. The molecule has 1 aliphatic heterocycles. The van der Waals surface area contributed by atoms with Crippen LogP contribution in [0.3, 0.4) is 0 Å². The van der Waals surface area contributed by atoms with Crippen molar-refractivity contribution in [1.82, 2.24) is 0 Å². The first-order valence-corrected chi connectivity index (χ1v) is 4.99. The highest BCUT2D eigenvalue weighted by Crippen LogP contribution is 2.26. The topological polar surface area (TPSA) is 63.4 Å². The van der Waals surface area contributed by atoms with Gasteiger partial charge in [-0.05, 0) is 18.6 Å². The molecule has 0 bridgehead atoms. The van der Waals surface area contributed by atoms with Crippen molar-refractivity contribution in [3.05, 3.63) is 42.0 Å². The zero-order chi connectivity index (χ0) is 11.7. The summed E-state index contributed by atoms with van der Waals surface area (Å²) in [6.45, 7) is 4.24. The van der Waals surface area contributed by atoms with E-state index in [0.29, 0.717) is 29.8 Å². The zero-order valence-electron chi connectivity index (χ0n) is 8.77. The Morgan fingerprint density at radius 1 is 1.38 bits per heavy atom. The van der Waals surface area contributed by atoms with Crippen molar-refractivity contribution in [1.29, 1.82) is 0 Å². The van der Waals surface area contributed by atoms with Gasteiger partial charge in [-0.1, -0.05) is 18.7 Å². The maximum absolute atomic E-state index is 11.8. The normalized spacial score (nSPS) is 15.6. The summed E-state index contributed by atoms with van der Waals surface area (Å²) in [5.74, 6) is -0.658. The van der Waals surface area contributed by atoms with Gasteiger partial charge in [0.15, 0.2) is 0 Å². The maximum atomic E-state index is 11.8. The fraction of sp³-hybridized carbons (Fsp3) is 0.167. The SMILES string of the molecule is C=C1CCN(c2ccccc2C(N)=O)C1=O. The first-order valence-electron chi connectivity index (χ1n) is 4.99. The molecule has 0 saturated carbocycles. The second-order valence-electron chi connectivity index (χ2n) is 3.69. The predicted molar refractivity (Wildman–Crippen MR) is 61.1 cm³/mol. The molecule has 2 amide bonds. The van der Waals surface area contributed by atoms with Crippen LogP contribution in [-0.2, 0) is 4.79 Å². The number of nitrogens with zero attached hydrogens (tertiary/aromatic N) is 1. The first kappa shape index (κ1) is 10.4. The highest BCUT2D eigenvalue weighted by molar-refractivity contribution is 6.11. The van der Waals surface area contributed by atoms with Crippen LogP contribution in [0.4, 0.5) is 5.69 Å². The summed E-state index contributed by atoms with van der Waals surface area (Å²) in [4.78, 5) is 24.5. The van der Waals surface area contributed by atoms with E-state index in [2.05, 4.69) is 6.58 Å². The molecule has 4 heteroatoms. The minimum absolute atomic E-state index is 0.131. The number of carbonyl (C=O) groups excluding carboxylic acids is 2. The van der Waals surface area contributed by atoms with Crippen LogP contribution in [0.2, 0.25) is 0 Å². The lowest BCUT2D eigenvalue weighted by atomic mass is 10.1. The number of nitrogens with two attached hydrogens (primary N) is 1. The highest BCUT2D eigenvalue weighted by Gasteiger charge is 2.27. The van der Waals surface area contributed by atoms with Gasteiger partial charge in [-0.3, -0.25) is 9.59 Å². The molecule has 1 fully saturated rings. The molecule has 1 aromatic carbocycles. The van der Waals surface area contributed by atoms with E-state index < -0.39 is 5.91 Å². The molecule has 0 aliphatic carbocycles. The summed E-state index contributed by atoms with van der Waals surface area (Å²) in [5.41, 5.74) is 6.77. The van der Waals surface area contributed by atoms with Crippen LogP contribution in [0, 0.1) is 0 Å². The Labute approximate surface area is 93.3 Å². The Morgan fingerprint density at radius 3 is 2.62 bits per heavy atom. The molecular formula is C12H12N2O2. The summed E-state index contributed by atoms with van der Waals surface area (Å²) < 4.78 is 0. The quantitative estimate of drug-likeness (QED) is 0.752. The third-order valence-corrected chi connectivity index (χ3v) is 2.65. The van der Waals surface area contributed by atoms with Crippen LogP contribution in [0.5, 0.6) is 0 Å². The van der Waals surface area contributed by atoms with E-state index in [1.165, 1.54) is 0 Å². The maximum Gasteiger partial charge on any atom is 0.253 e. The molecule has 4 nitrogen and oxygen atoms in total. The molecule has 1 aromatic rings. The highest BCUT2D eigenvalue weighted by atomic mass is 16.2. The van der Waals surface area contributed by atoms with Crippen molar-refractivity contribution in [2.24, 2.45) is 5.73 Å². The van der Waals surface area contributed by atoms with Gasteiger partial charge in [0, 0.05) is 12.1 Å². The summed E-state index contributed by atoms with van der Waals surface area (Å²) in [6.07, 6.45) is 0.631. The van der Waals surface area contributed by atoms with Gasteiger partial charge >= 0.3 is 0 Å². The average Bonchev–Trinajstić information content (AvgIpc) is 2.60. The third kappa shape index (κ3) is 1.58. The molecular weight excluding hydrogens is 204 g/mol. The van der Waals surface area contributed by atoms with Gasteiger partial charge in [-0.2, -0.15) is 0 Å². The van der Waals surface area contributed by atoms with Gasteiger partial charge in [0.05, 0.1) is 11.3 Å². The molecule has 16 heavy (non-hydrogen) atoms. The van der Waals surface area contributed by atoms with E-state index >= 15 is 0 Å². The molecule has 0 aromatic heterocycles. The largest absolute Gasteiger partial charge is 0.366 e. The summed E-state index contributed by atoms with van der Waals surface area (Å²) in [7, 11) is 0. The minimum atomic E-state index is -0.527. The van der Waals surface area contributed by atoms with Crippen LogP contribution in [0.15, 0.2) is 36.4 Å². The van der Waals surface area contributed by atoms with E-state index in [9.17, 15) is 9.59 Å². The van der Waals surface area contributed by atoms with Crippen molar-refractivity contribution < 1.29 is 9.59 Å². The number of anilines is 1. The Bertz CT molecular complexity index is 480. The van der Waals surface area contributed by atoms with Crippen LogP contribution in [-0.4, -0.2) is 18.4 Å². The van der Waals surface area contributed by atoms with Crippen molar-refractivity contribution in [3.8, 4) is 0 Å². The van der Waals surface area contributed by atoms with Crippen molar-refractivity contribution in [3.63, 3.8) is 0 Å². The number of carbonyl (C=O) groups is 2. The lowest BCUT2D eigenvalue weighted by Gasteiger charge is -2.17. The van der Waals surface area contributed by atoms with Gasteiger partial charge in [-0.15, -0.1) is 0 Å². The Hall–Kier alpha value is -2.10. The number of hydrogen-bond donors (Lipinski definition) is 1. The number of amides is 2. The Kier molecular flexibility index (Phi) is 2.48. The molecule has 0 spiro atoms. The molecule has 82 valence electrons. The van der Waals surface area contributed by atoms with Gasteiger partial charge < -0.3 is 10.6 Å². The average molecular weight is 216 g/mol. The fourth-order valence-corrected chi connectivity index (χ4v) is 1.79. The molecule has 0 radical (unpaired) electrons. The smallest absolute Gasteiger partial charge is 0.253 e. The van der Waals surface area contributed by atoms with Gasteiger partial charge in [0.25, 0.3) is 11.8 Å².